The van der Waals surface area contributed by atoms with Crippen LogP contribution in [0, 0.1) is 6.92 Å². The first kappa shape index (κ1) is 16.7. The molecule has 0 aliphatic rings. The maximum Gasteiger partial charge on any atom is 0.180 e. The van der Waals surface area contributed by atoms with E-state index in [1.165, 1.54) is 0 Å². The van der Waals surface area contributed by atoms with Crippen LogP contribution >= 0.6 is 0 Å². The normalized spacial score (nSPS) is 10.2. The number of methoxy groups -OCH3 is 2. The van der Waals surface area contributed by atoms with Gasteiger partial charge in [-0.25, -0.2) is 9.97 Å². The van der Waals surface area contributed by atoms with Crippen LogP contribution in [0.5, 0.6) is 11.5 Å². The van der Waals surface area contributed by atoms with Crippen LogP contribution in [-0.2, 0) is 7.05 Å². The van der Waals surface area contributed by atoms with Gasteiger partial charge in [-0.2, -0.15) is 5.10 Å². The molecule has 0 atom stereocenters. The lowest BCUT2D eigenvalue weighted by Crippen LogP contribution is -1.98. The summed E-state index contributed by atoms with van der Waals surface area (Å²) in [6.45, 7) is 5.95. The zero-order chi connectivity index (χ0) is 17.0. The first-order valence-electron chi connectivity index (χ1n) is 7.52. The van der Waals surface area contributed by atoms with E-state index in [0.717, 1.165) is 22.3 Å². The highest BCUT2D eigenvalue weighted by Gasteiger charge is 2.13. The molecule has 6 nitrogen and oxygen atoms in total. The SMILES string of the molecule is CC.COc1cc2nc(-c3ccn(C)n3)nc(C)c2cc1OC. The number of benzene rings is 1. The van der Waals surface area contributed by atoms with Gasteiger partial charge in [0.1, 0.15) is 5.69 Å². The number of hydrogen-bond acceptors (Lipinski definition) is 5. The maximum absolute atomic E-state index is 5.33. The topological polar surface area (TPSA) is 62.1 Å². The van der Waals surface area contributed by atoms with Crippen LogP contribution in [0.15, 0.2) is 24.4 Å². The molecule has 6 heteroatoms. The molecule has 2 heterocycles. The summed E-state index contributed by atoms with van der Waals surface area (Å²) in [6, 6.07) is 5.64. The number of rotatable bonds is 3. The molecule has 0 aliphatic carbocycles. The van der Waals surface area contributed by atoms with Gasteiger partial charge in [-0.05, 0) is 19.1 Å². The fourth-order valence-electron chi connectivity index (χ4n) is 2.26. The Kier molecular flexibility index (Phi) is 5.16. The van der Waals surface area contributed by atoms with Crippen molar-refractivity contribution in [2.24, 2.45) is 7.05 Å². The minimum Gasteiger partial charge on any atom is -0.493 e. The van der Waals surface area contributed by atoms with Crippen LogP contribution in [0.2, 0.25) is 0 Å². The molecule has 0 amide bonds. The number of ether oxygens (including phenoxy) is 2. The molecule has 122 valence electrons. The molecule has 0 radical (unpaired) electrons. The van der Waals surface area contributed by atoms with Crippen LogP contribution in [-0.4, -0.2) is 34.0 Å². The predicted octanol–water partition coefficient (Wildman–Crippen LogP) is 3.38. The average molecular weight is 314 g/mol. The van der Waals surface area contributed by atoms with Crippen molar-refractivity contribution >= 4 is 10.9 Å². The summed E-state index contributed by atoms with van der Waals surface area (Å²) in [7, 11) is 5.09. The number of aromatic nitrogens is 4. The van der Waals surface area contributed by atoms with E-state index in [1.54, 1.807) is 18.9 Å². The quantitative estimate of drug-likeness (QED) is 0.741. The second-order valence-electron chi connectivity index (χ2n) is 4.73. The zero-order valence-electron chi connectivity index (χ0n) is 14.4. The highest BCUT2D eigenvalue weighted by atomic mass is 16.5. The summed E-state index contributed by atoms with van der Waals surface area (Å²) >= 11 is 0. The van der Waals surface area contributed by atoms with Gasteiger partial charge in [0, 0.05) is 30.4 Å². The summed E-state index contributed by atoms with van der Waals surface area (Å²) in [5.74, 6) is 1.92. The zero-order valence-corrected chi connectivity index (χ0v) is 14.4. The molecule has 0 saturated carbocycles. The van der Waals surface area contributed by atoms with Gasteiger partial charge in [0.05, 0.1) is 19.7 Å². The van der Waals surface area contributed by atoms with E-state index in [1.807, 2.05) is 52.2 Å². The predicted molar refractivity (Wildman–Crippen MR) is 90.9 cm³/mol. The lowest BCUT2D eigenvalue weighted by atomic mass is 10.1. The van der Waals surface area contributed by atoms with Crippen molar-refractivity contribution in [2.75, 3.05) is 14.2 Å². The Morgan fingerprint density at radius 2 is 1.65 bits per heavy atom. The van der Waals surface area contributed by atoms with Gasteiger partial charge in [-0.3, -0.25) is 4.68 Å². The van der Waals surface area contributed by atoms with Crippen LogP contribution in [0.1, 0.15) is 19.5 Å². The van der Waals surface area contributed by atoms with E-state index in [4.69, 9.17) is 9.47 Å². The Bertz CT molecular complexity index is 812. The van der Waals surface area contributed by atoms with Crippen molar-refractivity contribution in [1.82, 2.24) is 19.7 Å². The van der Waals surface area contributed by atoms with Gasteiger partial charge >= 0.3 is 0 Å². The lowest BCUT2D eigenvalue weighted by Gasteiger charge is -2.10. The van der Waals surface area contributed by atoms with Gasteiger partial charge in [0.2, 0.25) is 0 Å². The van der Waals surface area contributed by atoms with Gasteiger partial charge < -0.3 is 9.47 Å². The third kappa shape index (κ3) is 3.26. The molecule has 0 N–H and O–H groups in total. The summed E-state index contributed by atoms with van der Waals surface area (Å²) in [5.41, 5.74) is 2.43. The van der Waals surface area contributed by atoms with E-state index in [-0.39, 0.29) is 0 Å². The molecule has 3 aromatic rings. The van der Waals surface area contributed by atoms with Crippen LogP contribution in [0.3, 0.4) is 0 Å². The second kappa shape index (κ2) is 7.09. The van der Waals surface area contributed by atoms with Crippen molar-refractivity contribution < 1.29 is 9.47 Å². The molecule has 0 aliphatic heterocycles. The molecule has 23 heavy (non-hydrogen) atoms. The van der Waals surface area contributed by atoms with Crippen molar-refractivity contribution in [2.45, 2.75) is 20.8 Å². The molecule has 3 rings (SSSR count). The molecule has 0 fully saturated rings. The molecule has 0 unspecified atom stereocenters. The molecular formula is C17H22N4O2. The van der Waals surface area contributed by atoms with E-state index < -0.39 is 0 Å². The largest absolute Gasteiger partial charge is 0.493 e. The van der Waals surface area contributed by atoms with Crippen molar-refractivity contribution in [1.29, 1.82) is 0 Å². The highest BCUT2D eigenvalue weighted by Crippen LogP contribution is 2.33. The number of aryl methyl sites for hydroxylation is 2. The molecule has 0 spiro atoms. The summed E-state index contributed by atoms with van der Waals surface area (Å²) in [6.07, 6.45) is 1.87. The number of hydrogen-bond donors (Lipinski definition) is 0. The summed E-state index contributed by atoms with van der Waals surface area (Å²) < 4.78 is 12.4. The third-order valence-corrected chi connectivity index (χ3v) is 3.33. The fourth-order valence-corrected chi connectivity index (χ4v) is 2.26. The van der Waals surface area contributed by atoms with Crippen LogP contribution in [0.25, 0.3) is 22.4 Å². The monoisotopic (exact) mass is 314 g/mol. The lowest BCUT2D eigenvalue weighted by molar-refractivity contribution is 0.355. The van der Waals surface area contributed by atoms with E-state index in [0.29, 0.717) is 17.3 Å². The highest BCUT2D eigenvalue weighted by molar-refractivity contribution is 5.85. The summed E-state index contributed by atoms with van der Waals surface area (Å²) in [4.78, 5) is 9.11. The Hall–Kier alpha value is -2.63. The van der Waals surface area contributed by atoms with Crippen LogP contribution in [0.4, 0.5) is 0 Å². The van der Waals surface area contributed by atoms with Gasteiger partial charge in [0.15, 0.2) is 17.3 Å². The molecule has 0 saturated heterocycles. The van der Waals surface area contributed by atoms with E-state index >= 15 is 0 Å². The van der Waals surface area contributed by atoms with Crippen molar-refractivity contribution in [3.05, 3.63) is 30.1 Å². The smallest absolute Gasteiger partial charge is 0.180 e. The Balaban J connectivity index is 0.000000924. The Morgan fingerprint density at radius 3 is 2.22 bits per heavy atom. The van der Waals surface area contributed by atoms with Crippen LogP contribution < -0.4 is 9.47 Å². The van der Waals surface area contributed by atoms with Gasteiger partial charge in [-0.15, -0.1) is 0 Å². The third-order valence-electron chi connectivity index (χ3n) is 3.33. The summed E-state index contributed by atoms with van der Waals surface area (Å²) in [5, 5.41) is 5.28. The first-order valence-corrected chi connectivity index (χ1v) is 7.52. The number of nitrogens with zero attached hydrogens (tertiary/aromatic N) is 4. The molecular weight excluding hydrogens is 292 g/mol. The van der Waals surface area contributed by atoms with Gasteiger partial charge in [-0.1, -0.05) is 13.8 Å². The van der Waals surface area contributed by atoms with E-state index in [2.05, 4.69) is 15.1 Å². The minimum atomic E-state index is 0.604. The molecule has 2 aromatic heterocycles. The van der Waals surface area contributed by atoms with Gasteiger partial charge in [0.25, 0.3) is 0 Å². The minimum absolute atomic E-state index is 0.604. The standard InChI is InChI=1S/C15H16N4O2.C2H6/c1-9-10-7-13(20-3)14(21-4)8-12(10)17-15(16-9)11-5-6-19(2)18-11;1-2/h5-8H,1-4H3;1-2H3. The number of fused-ring (bicyclic) bond motifs is 1. The maximum atomic E-state index is 5.33. The molecule has 0 bridgehead atoms. The van der Waals surface area contributed by atoms with Crippen molar-refractivity contribution in [3.8, 4) is 23.0 Å². The van der Waals surface area contributed by atoms with E-state index in [9.17, 15) is 0 Å². The molecule has 1 aromatic carbocycles. The second-order valence-corrected chi connectivity index (χ2v) is 4.73. The first-order chi connectivity index (χ1) is 11.1. The van der Waals surface area contributed by atoms with Crippen molar-refractivity contribution in [3.63, 3.8) is 0 Å². The average Bonchev–Trinajstić information content (AvgIpc) is 3.02. The Morgan fingerprint density at radius 1 is 1.00 bits per heavy atom. The Labute approximate surface area is 136 Å². The fraction of sp³-hybridized carbons (Fsp3) is 0.353.